The summed E-state index contributed by atoms with van der Waals surface area (Å²) >= 11 is 0. The Morgan fingerprint density at radius 2 is 1.55 bits per heavy atom. The van der Waals surface area contributed by atoms with E-state index in [2.05, 4.69) is 5.09 Å². The van der Waals surface area contributed by atoms with Crippen molar-refractivity contribution in [3.05, 3.63) is 54.6 Å². The number of hydrogen-bond donors (Lipinski definition) is 1. The molecular weight excluding hydrogens is 305 g/mol. The summed E-state index contributed by atoms with van der Waals surface area (Å²) in [5.41, 5.74) is 0. The number of hydrogen-bond acceptors (Lipinski definition) is 6. The number of nitrogens with one attached hydrogen (secondary N) is 1. The van der Waals surface area contributed by atoms with Crippen LogP contribution < -0.4 is 18.7 Å². The molecule has 22 heavy (non-hydrogen) atoms. The van der Waals surface area contributed by atoms with Crippen molar-refractivity contribution in [3.63, 3.8) is 0 Å². The Labute approximate surface area is 127 Å². The van der Waals surface area contributed by atoms with Crippen LogP contribution in [0.2, 0.25) is 0 Å². The zero-order valence-electron chi connectivity index (χ0n) is 11.8. The number of para-hydroxylation sites is 3. The quantitative estimate of drug-likeness (QED) is 0.858. The predicted octanol–water partition coefficient (Wildman–Crippen LogP) is 3.20. The molecule has 0 aromatic heterocycles. The average Bonchev–Trinajstić information content (AvgIpc) is 2.93. The van der Waals surface area contributed by atoms with Crippen LogP contribution in [0, 0.1) is 0 Å². The Morgan fingerprint density at radius 1 is 0.955 bits per heavy atom. The van der Waals surface area contributed by atoms with E-state index in [-0.39, 0.29) is 0 Å². The monoisotopic (exact) mass is 319 g/mol. The van der Waals surface area contributed by atoms with Gasteiger partial charge in [0.2, 0.25) is 0 Å². The Morgan fingerprint density at radius 3 is 2.09 bits per heavy atom. The van der Waals surface area contributed by atoms with E-state index in [4.69, 9.17) is 18.1 Å². The van der Waals surface area contributed by atoms with E-state index < -0.39 is 19.7 Å². The van der Waals surface area contributed by atoms with Gasteiger partial charge in [-0.2, -0.15) is 0 Å². The molecule has 1 N–H and O–H groups in total. The molecule has 4 rings (SSSR count). The van der Waals surface area contributed by atoms with Crippen LogP contribution in [0.3, 0.4) is 0 Å². The summed E-state index contributed by atoms with van der Waals surface area (Å²) in [5.74, 6) is 0.972. The third-order valence-electron chi connectivity index (χ3n) is 3.37. The molecule has 0 saturated carbocycles. The maximum absolute atomic E-state index is 12.0. The van der Waals surface area contributed by atoms with Crippen LogP contribution in [0.1, 0.15) is 6.92 Å². The van der Waals surface area contributed by atoms with Crippen LogP contribution in [0.4, 0.5) is 0 Å². The molecule has 6 nitrogen and oxygen atoms in total. The zero-order chi connectivity index (χ0) is 15.2. The molecule has 2 aromatic carbocycles. The van der Waals surface area contributed by atoms with E-state index in [0.29, 0.717) is 17.2 Å². The molecule has 1 spiro atoms. The zero-order valence-corrected chi connectivity index (χ0v) is 12.7. The third kappa shape index (κ3) is 1.92. The molecule has 0 unspecified atom stereocenters. The second-order valence-corrected chi connectivity index (χ2v) is 7.72. The van der Waals surface area contributed by atoms with Crippen molar-refractivity contribution in [3.8, 4) is 17.2 Å². The van der Waals surface area contributed by atoms with Gasteiger partial charge in [0.15, 0.2) is 0 Å². The number of carbonyl (C=O) groups excluding carboxylic acids is 1. The molecule has 2 aliphatic rings. The van der Waals surface area contributed by atoms with Gasteiger partial charge in [-0.25, -0.2) is 0 Å². The molecular formula is C15H14NO5P. The summed E-state index contributed by atoms with van der Waals surface area (Å²) in [5, 5.41) is 2.98. The summed E-state index contributed by atoms with van der Waals surface area (Å²) in [6, 6.07) is 15.5. The molecule has 1 atom stereocenters. The van der Waals surface area contributed by atoms with E-state index >= 15 is 0 Å². The van der Waals surface area contributed by atoms with Crippen LogP contribution in [-0.2, 0) is 9.32 Å². The van der Waals surface area contributed by atoms with Gasteiger partial charge < -0.3 is 0 Å². The van der Waals surface area contributed by atoms with Gasteiger partial charge in [-0.15, -0.1) is 0 Å². The minimum absolute atomic E-state index is 0.471. The molecule has 7 heteroatoms. The first kappa shape index (κ1) is 13.4. The maximum atomic E-state index is 12.0. The van der Waals surface area contributed by atoms with Gasteiger partial charge in [-0.3, -0.25) is 0 Å². The standard InChI is InChI=1S/C15H14NO5P/c1-11-15(17)21-22(16-11,18-12-7-3-2-4-8-12)19-13-9-5-6-10-14(13)20-22/h2-11,16H,1H3/t11-/m0/s1. The Balaban J connectivity index is 1.80. The first-order valence-electron chi connectivity index (χ1n) is 6.87. The normalized spacial score (nSPS) is 25.2. The van der Waals surface area contributed by atoms with Gasteiger partial charge in [0.1, 0.15) is 0 Å². The van der Waals surface area contributed by atoms with Gasteiger partial charge in [-0.1, -0.05) is 0 Å². The number of carbonyl (C=O) groups is 1. The van der Waals surface area contributed by atoms with E-state index in [1.54, 1.807) is 31.2 Å². The van der Waals surface area contributed by atoms with E-state index in [9.17, 15) is 4.79 Å². The molecule has 2 aliphatic heterocycles. The topological polar surface area (TPSA) is 66.0 Å². The number of benzene rings is 2. The van der Waals surface area contributed by atoms with Crippen molar-refractivity contribution in [2.45, 2.75) is 13.0 Å². The van der Waals surface area contributed by atoms with E-state index in [0.717, 1.165) is 0 Å². The van der Waals surface area contributed by atoms with Crippen molar-refractivity contribution in [1.82, 2.24) is 5.09 Å². The van der Waals surface area contributed by atoms with E-state index in [1.807, 2.05) is 30.3 Å². The van der Waals surface area contributed by atoms with Gasteiger partial charge in [0.05, 0.1) is 0 Å². The van der Waals surface area contributed by atoms with Gasteiger partial charge in [0.25, 0.3) is 0 Å². The van der Waals surface area contributed by atoms with E-state index in [1.165, 1.54) is 0 Å². The van der Waals surface area contributed by atoms with Crippen LogP contribution in [0.15, 0.2) is 54.6 Å². The molecule has 2 heterocycles. The summed E-state index contributed by atoms with van der Waals surface area (Å²) in [6.45, 7) is 1.67. The molecule has 0 bridgehead atoms. The van der Waals surface area contributed by atoms with Crippen molar-refractivity contribution >= 4 is 13.6 Å². The summed E-state index contributed by atoms with van der Waals surface area (Å²) in [7, 11) is -4.28. The minimum atomic E-state index is -4.28. The van der Waals surface area contributed by atoms with Gasteiger partial charge in [-0.05, 0) is 0 Å². The van der Waals surface area contributed by atoms with Crippen LogP contribution in [0.5, 0.6) is 17.2 Å². The fourth-order valence-corrected chi connectivity index (χ4v) is 5.53. The second-order valence-electron chi connectivity index (χ2n) is 5.11. The number of rotatable bonds is 2. The Bertz CT molecular complexity index is 726. The first-order chi connectivity index (χ1) is 10.6. The average molecular weight is 319 g/mol. The SMILES string of the molecule is C[C@@H]1NP2(Oc3ccccc3)(OC1=O)Oc1ccccc1O2. The third-order valence-corrected chi connectivity index (χ3v) is 6.22. The van der Waals surface area contributed by atoms with Crippen molar-refractivity contribution in [1.29, 1.82) is 0 Å². The van der Waals surface area contributed by atoms with Crippen molar-refractivity contribution in [2.75, 3.05) is 0 Å². The molecule has 0 aliphatic carbocycles. The molecule has 0 amide bonds. The molecule has 1 saturated heterocycles. The predicted molar refractivity (Wildman–Crippen MR) is 80.4 cm³/mol. The van der Waals surface area contributed by atoms with Crippen LogP contribution in [0.25, 0.3) is 0 Å². The van der Waals surface area contributed by atoms with Crippen molar-refractivity contribution in [2.24, 2.45) is 0 Å². The summed E-state index contributed by atoms with van der Waals surface area (Å²) < 4.78 is 23.3. The van der Waals surface area contributed by atoms with Crippen LogP contribution >= 0.6 is 7.66 Å². The fraction of sp³-hybridized carbons (Fsp3) is 0.133. The molecule has 114 valence electrons. The van der Waals surface area contributed by atoms with Crippen molar-refractivity contribution < 1.29 is 22.9 Å². The number of fused-ring (bicyclic) bond motifs is 1. The molecule has 2 aromatic rings. The fourth-order valence-electron chi connectivity index (χ4n) is 2.42. The second kappa shape index (κ2) is 4.35. The van der Waals surface area contributed by atoms with Gasteiger partial charge in [0, 0.05) is 0 Å². The first-order valence-corrected chi connectivity index (χ1v) is 8.78. The molecule has 1 fully saturated rings. The Kier molecular flexibility index (Phi) is 2.64. The van der Waals surface area contributed by atoms with Gasteiger partial charge >= 0.3 is 126 Å². The summed E-state index contributed by atoms with van der Waals surface area (Å²) in [4.78, 5) is 12.0. The summed E-state index contributed by atoms with van der Waals surface area (Å²) in [6.07, 6.45) is 0. The van der Waals surface area contributed by atoms with Crippen LogP contribution in [-0.4, -0.2) is 12.0 Å². The molecule has 0 radical (unpaired) electrons. The Hall–Kier alpha value is -2.30.